The van der Waals surface area contributed by atoms with Gasteiger partial charge in [-0.2, -0.15) is 0 Å². The van der Waals surface area contributed by atoms with Crippen LogP contribution in [0.1, 0.15) is 67.7 Å². The highest BCUT2D eigenvalue weighted by atomic mass is 32.1. The number of carbonyl (C=O) groups is 1. The molecule has 1 saturated heterocycles. The second kappa shape index (κ2) is 8.24. The predicted octanol–water partition coefficient (Wildman–Crippen LogP) is 4.02. The molecule has 2 aromatic rings. The van der Waals surface area contributed by atoms with Crippen LogP contribution in [-0.2, 0) is 11.2 Å². The number of primary amides is 1. The second-order valence-corrected chi connectivity index (χ2v) is 10.2. The summed E-state index contributed by atoms with van der Waals surface area (Å²) in [6.45, 7) is 0.968. The smallest absolute Gasteiger partial charge is 0.250 e. The van der Waals surface area contributed by atoms with Crippen molar-refractivity contribution in [1.82, 2.24) is 14.9 Å². The number of carbonyl (C=O) groups excluding carboxylic acids is 1. The van der Waals surface area contributed by atoms with Crippen LogP contribution in [0.4, 0.5) is 8.78 Å². The maximum Gasteiger partial charge on any atom is 0.250 e. The number of amides is 1. The molecule has 1 unspecified atom stereocenters. The molecule has 0 bridgehead atoms. The largest absolute Gasteiger partial charge is 0.474 e. The molecule has 2 aliphatic carbocycles. The molecule has 3 heterocycles. The summed E-state index contributed by atoms with van der Waals surface area (Å²) >= 11 is 1.66. The number of nitrogens with zero attached hydrogens (tertiary/aromatic N) is 3. The molecular formula is C22H28F2N4O2S. The van der Waals surface area contributed by atoms with Crippen LogP contribution in [0.25, 0.3) is 10.2 Å². The van der Waals surface area contributed by atoms with Crippen LogP contribution in [0.2, 0.25) is 0 Å². The molecule has 31 heavy (non-hydrogen) atoms. The first-order valence-electron chi connectivity index (χ1n) is 11.2. The number of nitrogens with two attached hydrogens (primary N) is 1. The fourth-order valence-electron chi connectivity index (χ4n) is 5.48. The van der Waals surface area contributed by atoms with Crippen molar-refractivity contribution in [3.8, 4) is 5.88 Å². The molecule has 0 spiro atoms. The summed E-state index contributed by atoms with van der Waals surface area (Å²) in [5.41, 5.74) is 6.63. The van der Waals surface area contributed by atoms with Gasteiger partial charge in [-0.1, -0.05) is 0 Å². The van der Waals surface area contributed by atoms with Gasteiger partial charge in [0.1, 0.15) is 17.3 Å². The number of piperidine rings is 1. The molecule has 1 atom stereocenters. The van der Waals surface area contributed by atoms with Crippen LogP contribution >= 0.6 is 11.3 Å². The minimum atomic E-state index is -2.50. The first kappa shape index (κ1) is 21.0. The van der Waals surface area contributed by atoms with E-state index in [-0.39, 0.29) is 30.8 Å². The van der Waals surface area contributed by atoms with Gasteiger partial charge in [0.15, 0.2) is 0 Å². The van der Waals surface area contributed by atoms with Crippen LogP contribution in [0.5, 0.6) is 5.88 Å². The summed E-state index contributed by atoms with van der Waals surface area (Å²) in [4.78, 5) is 24.8. The van der Waals surface area contributed by atoms with Crippen LogP contribution in [0, 0.1) is 0 Å². The number of halogens is 2. The number of fused-ring (bicyclic) bond motifs is 3. The number of ether oxygens (including phenoxy) is 1. The molecule has 1 amide bonds. The Hall–Kier alpha value is -1.87. The number of aryl methyl sites for hydroxylation is 1. The highest BCUT2D eigenvalue weighted by Crippen LogP contribution is 2.47. The number of aromatic nitrogens is 2. The van der Waals surface area contributed by atoms with Crippen molar-refractivity contribution in [2.24, 2.45) is 5.73 Å². The number of likely N-dealkylation sites (tertiary alicyclic amines) is 1. The van der Waals surface area contributed by atoms with E-state index in [4.69, 9.17) is 10.5 Å². The normalized spacial score (nSPS) is 28.5. The fourth-order valence-corrected chi connectivity index (χ4v) is 6.71. The number of rotatable bonds is 5. The number of thiophene rings is 1. The van der Waals surface area contributed by atoms with Gasteiger partial charge in [-0.3, -0.25) is 9.69 Å². The Labute approximate surface area is 184 Å². The van der Waals surface area contributed by atoms with Crippen LogP contribution in [-0.4, -0.2) is 51.9 Å². The average Bonchev–Trinajstić information content (AvgIpc) is 3.28. The third kappa shape index (κ3) is 4.26. The lowest BCUT2D eigenvalue weighted by Crippen LogP contribution is -2.47. The van der Waals surface area contributed by atoms with Gasteiger partial charge in [-0.05, 0) is 50.0 Å². The van der Waals surface area contributed by atoms with E-state index in [9.17, 15) is 13.6 Å². The lowest BCUT2D eigenvalue weighted by molar-refractivity contribution is -0.118. The minimum Gasteiger partial charge on any atom is -0.474 e. The van der Waals surface area contributed by atoms with Crippen LogP contribution in [0.15, 0.2) is 6.33 Å². The molecule has 5 rings (SSSR count). The summed E-state index contributed by atoms with van der Waals surface area (Å²) in [6, 6.07) is 0.367. The molecule has 1 saturated carbocycles. The number of alkyl halides is 2. The minimum absolute atomic E-state index is 0.0297. The molecule has 1 aliphatic heterocycles. The van der Waals surface area contributed by atoms with E-state index in [0.29, 0.717) is 31.4 Å². The van der Waals surface area contributed by atoms with Gasteiger partial charge in [0.05, 0.1) is 5.39 Å². The van der Waals surface area contributed by atoms with E-state index in [1.165, 1.54) is 4.88 Å². The zero-order valence-electron chi connectivity index (χ0n) is 17.5. The molecule has 0 aromatic carbocycles. The standard InChI is InChI=1S/C22H28F2N4O2S/c23-22(24)7-9-28(10-8-22)14-2-4-15(5-3-14)30-20-19-18-13(11-17(25)29)1-6-16(18)31-21(19)27-12-26-20/h12-15H,1-11H2,(H2,25,29). The average molecular weight is 451 g/mol. The van der Waals surface area contributed by atoms with Gasteiger partial charge in [-0.25, -0.2) is 18.7 Å². The Balaban J connectivity index is 1.27. The van der Waals surface area contributed by atoms with E-state index < -0.39 is 5.92 Å². The van der Waals surface area contributed by atoms with Gasteiger partial charge in [0, 0.05) is 43.3 Å². The van der Waals surface area contributed by atoms with Crippen LogP contribution in [0.3, 0.4) is 0 Å². The molecule has 6 nitrogen and oxygen atoms in total. The summed E-state index contributed by atoms with van der Waals surface area (Å²) in [6.07, 6.45) is 7.44. The van der Waals surface area contributed by atoms with Crippen molar-refractivity contribution >= 4 is 27.5 Å². The first-order chi connectivity index (χ1) is 14.9. The van der Waals surface area contributed by atoms with Gasteiger partial charge >= 0.3 is 0 Å². The van der Waals surface area contributed by atoms with Crippen molar-refractivity contribution in [2.75, 3.05) is 13.1 Å². The Kier molecular flexibility index (Phi) is 5.58. The Morgan fingerprint density at radius 2 is 1.94 bits per heavy atom. The topological polar surface area (TPSA) is 81.3 Å². The molecule has 3 aliphatic rings. The zero-order valence-corrected chi connectivity index (χ0v) is 18.3. The maximum absolute atomic E-state index is 13.5. The predicted molar refractivity (Wildman–Crippen MR) is 115 cm³/mol. The molecular weight excluding hydrogens is 422 g/mol. The monoisotopic (exact) mass is 450 g/mol. The highest BCUT2D eigenvalue weighted by molar-refractivity contribution is 7.19. The van der Waals surface area contributed by atoms with Crippen LogP contribution < -0.4 is 10.5 Å². The van der Waals surface area contributed by atoms with E-state index >= 15 is 0 Å². The summed E-state index contributed by atoms with van der Waals surface area (Å²) < 4.78 is 33.3. The van der Waals surface area contributed by atoms with Crippen molar-refractivity contribution in [1.29, 1.82) is 0 Å². The molecule has 0 radical (unpaired) electrons. The van der Waals surface area contributed by atoms with E-state index in [1.54, 1.807) is 17.7 Å². The van der Waals surface area contributed by atoms with Gasteiger partial charge in [0.2, 0.25) is 11.8 Å². The summed E-state index contributed by atoms with van der Waals surface area (Å²) in [5, 5.41) is 0.951. The molecule has 2 N–H and O–H groups in total. The van der Waals surface area contributed by atoms with Gasteiger partial charge in [0.25, 0.3) is 5.92 Å². The fraction of sp³-hybridized carbons (Fsp3) is 0.682. The highest BCUT2D eigenvalue weighted by Gasteiger charge is 2.38. The maximum atomic E-state index is 13.5. The van der Waals surface area contributed by atoms with E-state index in [1.807, 2.05) is 0 Å². The Morgan fingerprint density at radius 1 is 1.19 bits per heavy atom. The molecule has 9 heteroatoms. The lowest BCUT2D eigenvalue weighted by atomic mass is 9.90. The Bertz CT molecular complexity index is 964. The van der Waals surface area contributed by atoms with Crippen molar-refractivity contribution in [3.05, 3.63) is 16.8 Å². The SMILES string of the molecule is NC(=O)CC1CCc2sc3ncnc(OC4CCC(N5CCC(F)(F)CC5)CC4)c3c21. The van der Waals surface area contributed by atoms with E-state index in [0.717, 1.165) is 54.3 Å². The second-order valence-electron chi connectivity index (χ2n) is 9.14. The number of hydrogen-bond donors (Lipinski definition) is 1. The molecule has 2 fully saturated rings. The summed E-state index contributed by atoms with van der Waals surface area (Å²) in [5.74, 6) is -2.06. The lowest BCUT2D eigenvalue weighted by Gasteiger charge is -2.40. The first-order valence-corrected chi connectivity index (χ1v) is 12.0. The van der Waals surface area contributed by atoms with Crippen molar-refractivity contribution in [3.63, 3.8) is 0 Å². The third-order valence-electron chi connectivity index (χ3n) is 7.11. The number of hydrogen-bond acceptors (Lipinski definition) is 6. The van der Waals surface area contributed by atoms with Gasteiger partial charge < -0.3 is 10.5 Å². The Morgan fingerprint density at radius 3 is 2.65 bits per heavy atom. The third-order valence-corrected chi connectivity index (χ3v) is 8.28. The molecule has 2 aromatic heterocycles. The van der Waals surface area contributed by atoms with E-state index in [2.05, 4.69) is 14.9 Å². The van der Waals surface area contributed by atoms with Crippen molar-refractivity contribution in [2.45, 2.75) is 81.8 Å². The van der Waals surface area contributed by atoms with Crippen molar-refractivity contribution < 1.29 is 18.3 Å². The quantitative estimate of drug-likeness (QED) is 0.744. The van der Waals surface area contributed by atoms with Gasteiger partial charge in [-0.15, -0.1) is 11.3 Å². The molecule has 168 valence electrons. The summed E-state index contributed by atoms with van der Waals surface area (Å²) in [7, 11) is 0. The zero-order chi connectivity index (χ0) is 21.6.